The van der Waals surface area contributed by atoms with Crippen LogP contribution in [0.5, 0.6) is 0 Å². The van der Waals surface area contributed by atoms with Gasteiger partial charge >= 0.3 is 0 Å². The lowest BCUT2D eigenvalue weighted by Crippen LogP contribution is -2.33. The fourth-order valence-electron chi connectivity index (χ4n) is 3.59. The number of rotatable bonds is 8. The second-order valence-electron chi connectivity index (χ2n) is 7.14. The molecule has 0 saturated carbocycles. The number of aromatic nitrogens is 3. The maximum Gasteiger partial charge on any atom is 0.244 e. The molecule has 6 heteroatoms. The van der Waals surface area contributed by atoms with Crippen LogP contribution < -0.4 is 0 Å². The van der Waals surface area contributed by atoms with E-state index < -0.39 is 0 Å². The van der Waals surface area contributed by atoms with Crippen molar-refractivity contribution in [2.24, 2.45) is 0 Å². The van der Waals surface area contributed by atoms with Crippen molar-refractivity contribution in [1.82, 2.24) is 20.0 Å². The molecule has 0 bridgehead atoms. The van der Waals surface area contributed by atoms with Gasteiger partial charge in [-0.2, -0.15) is 4.98 Å². The van der Waals surface area contributed by atoms with Crippen LogP contribution in [0.3, 0.4) is 0 Å². The molecule has 28 heavy (non-hydrogen) atoms. The number of hydrogen-bond donors (Lipinski definition) is 0. The first kappa shape index (κ1) is 18.8. The molecule has 146 valence electrons. The van der Waals surface area contributed by atoms with E-state index in [4.69, 9.17) is 9.26 Å². The van der Waals surface area contributed by atoms with Crippen molar-refractivity contribution in [2.75, 3.05) is 13.2 Å². The molecular weight excluding hydrogens is 352 g/mol. The van der Waals surface area contributed by atoms with Gasteiger partial charge in [-0.15, -0.1) is 0 Å². The predicted octanol–water partition coefficient (Wildman–Crippen LogP) is 3.95. The number of ether oxygens (including phenoxy) is 1. The molecule has 1 aromatic carbocycles. The van der Waals surface area contributed by atoms with Crippen LogP contribution in [-0.2, 0) is 24.3 Å². The van der Waals surface area contributed by atoms with Crippen LogP contribution in [0.1, 0.15) is 48.3 Å². The molecule has 4 rings (SSSR count). The second-order valence-corrected chi connectivity index (χ2v) is 7.14. The van der Waals surface area contributed by atoms with E-state index in [-0.39, 0.29) is 6.04 Å². The minimum Gasteiger partial charge on any atom is -0.376 e. The topological polar surface area (TPSA) is 64.3 Å². The Hall–Kier alpha value is -2.57. The molecule has 0 radical (unpaired) electrons. The van der Waals surface area contributed by atoms with Crippen molar-refractivity contribution in [2.45, 2.75) is 44.9 Å². The Bertz CT molecular complexity index is 838. The zero-order valence-electron chi connectivity index (χ0n) is 16.0. The highest BCUT2D eigenvalue weighted by molar-refractivity contribution is 5.13. The van der Waals surface area contributed by atoms with Gasteiger partial charge in [0.15, 0.2) is 5.82 Å². The van der Waals surface area contributed by atoms with E-state index in [1.807, 2.05) is 36.5 Å². The van der Waals surface area contributed by atoms with E-state index in [1.54, 1.807) is 0 Å². The minimum atomic E-state index is 0.169. The molecule has 1 aliphatic rings. The third-order valence-electron chi connectivity index (χ3n) is 5.06. The van der Waals surface area contributed by atoms with Gasteiger partial charge in [-0.05, 0) is 37.1 Å². The van der Waals surface area contributed by atoms with E-state index in [0.717, 1.165) is 25.2 Å². The van der Waals surface area contributed by atoms with Gasteiger partial charge in [0.2, 0.25) is 5.89 Å². The number of hydrogen-bond acceptors (Lipinski definition) is 6. The Morgan fingerprint density at radius 2 is 1.96 bits per heavy atom. The number of pyridine rings is 1. The quantitative estimate of drug-likeness (QED) is 0.553. The lowest BCUT2D eigenvalue weighted by atomic mass is 10.0. The molecule has 1 unspecified atom stereocenters. The Labute approximate surface area is 165 Å². The molecule has 0 spiro atoms. The fraction of sp³-hybridized carbons (Fsp3) is 0.409. The lowest BCUT2D eigenvalue weighted by Gasteiger charge is -2.32. The molecule has 1 saturated heterocycles. The van der Waals surface area contributed by atoms with Crippen LogP contribution in [0.15, 0.2) is 59.3 Å². The van der Waals surface area contributed by atoms with E-state index in [0.29, 0.717) is 31.3 Å². The molecule has 3 heterocycles. The summed E-state index contributed by atoms with van der Waals surface area (Å²) in [6.45, 7) is 3.02. The molecule has 0 aliphatic carbocycles. The average Bonchev–Trinajstić information content (AvgIpc) is 3.22. The summed E-state index contributed by atoms with van der Waals surface area (Å²) in [6, 6.07) is 16.4. The van der Waals surface area contributed by atoms with Crippen molar-refractivity contribution in [3.63, 3.8) is 0 Å². The van der Waals surface area contributed by atoms with Crippen molar-refractivity contribution < 1.29 is 9.26 Å². The van der Waals surface area contributed by atoms with Gasteiger partial charge in [0, 0.05) is 19.2 Å². The van der Waals surface area contributed by atoms with Crippen LogP contribution in [0, 0.1) is 0 Å². The highest BCUT2D eigenvalue weighted by atomic mass is 16.5. The maximum absolute atomic E-state index is 5.74. The number of piperidine rings is 1. The number of benzene rings is 1. The first-order valence-electron chi connectivity index (χ1n) is 9.96. The van der Waals surface area contributed by atoms with E-state index in [1.165, 1.54) is 18.4 Å². The van der Waals surface area contributed by atoms with Crippen LogP contribution in [0.25, 0.3) is 0 Å². The Morgan fingerprint density at radius 1 is 1.07 bits per heavy atom. The van der Waals surface area contributed by atoms with Gasteiger partial charge in [-0.1, -0.05) is 48.0 Å². The second kappa shape index (κ2) is 9.57. The van der Waals surface area contributed by atoms with Crippen LogP contribution in [0.4, 0.5) is 0 Å². The molecule has 6 nitrogen and oxygen atoms in total. The highest BCUT2D eigenvalue weighted by Gasteiger charge is 2.29. The number of likely N-dealkylation sites (tertiary alicyclic amines) is 1. The van der Waals surface area contributed by atoms with E-state index in [2.05, 4.69) is 38.2 Å². The van der Waals surface area contributed by atoms with Gasteiger partial charge in [0.25, 0.3) is 0 Å². The van der Waals surface area contributed by atoms with Crippen molar-refractivity contribution in [3.05, 3.63) is 77.7 Å². The average molecular weight is 378 g/mol. The standard InChI is InChI=1S/C22H26N4O2/c1-2-8-18(9-3-1)17-27-15-12-21-24-22(28-25-21)20-11-5-7-14-26(20)16-19-10-4-6-13-23-19/h1-4,6,8-10,13,20H,5,7,11-12,14-17H2. The van der Waals surface area contributed by atoms with Gasteiger partial charge in [0.05, 0.1) is 24.9 Å². The zero-order valence-corrected chi connectivity index (χ0v) is 16.0. The molecule has 1 aliphatic heterocycles. The smallest absolute Gasteiger partial charge is 0.244 e. The fourth-order valence-corrected chi connectivity index (χ4v) is 3.59. The van der Waals surface area contributed by atoms with Gasteiger partial charge < -0.3 is 9.26 Å². The molecule has 3 aromatic rings. The summed E-state index contributed by atoms with van der Waals surface area (Å²) in [5.41, 5.74) is 2.24. The summed E-state index contributed by atoms with van der Waals surface area (Å²) in [7, 11) is 0. The van der Waals surface area contributed by atoms with Crippen LogP contribution in [0.2, 0.25) is 0 Å². The predicted molar refractivity (Wildman–Crippen MR) is 105 cm³/mol. The SMILES string of the molecule is c1ccc(COCCc2noc(C3CCCCN3Cc3ccccn3)n2)cc1. The van der Waals surface area contributed by atoms with Crippen molar-refractivity contribution in [3.8, 4) is 0 Å². The molecule has 2 aromatic heterocycles. The highest BCUT2D eigenvalue weighted by Crippen LogP contribution is 2.31. The van der Waals surface area contributed by atoms with Crippen molar-refractivity contribution in [1.29, 1.82) is 0 Å². The Balaban J connectivity index is 1.31. The summed E-state index contributed by atoms with van der Waals surface area (Å²) < 4.78 is 11.3. The molecule has 0 amide bonds. The molecular formula is C22H26N4O2. The third-order valence-corrected chi connectivity index (χ3v) is 5.06. The Morgan fingerprint density at radius 3 is 2.82 bits per heavy atom. The van der Waals surface area contributed by atoms with Crippen LogP contribution in [-0.4, -0.2) is 33.2 Å². The third kappa shape index (κ3) is 5.03. The maximum atomic E-state index is 5.74. The normalized spacial score (nSPS) is 17.6. The lowest BCUT2D eigenvalue weighted by molar-refractivity contribution is 0.110. The van der Waals surface area contributed by atoms with Crippen LogP contribution >= 0.6 is 0 Å². The molecule has 0 N–H and O–H groups in total. The monoisotopic (exact) mass is 378 g/mol. The summed E-state index contributed by atoms with van der Waals surface area (Å²) in [4.78, 5) is 11.5. The molecule has 1 atom stereocenters. The Kier molecular flexibility index (Phi) is 6.42. The summed E-state index contributed by atoms with van der Waals surface area (Å²) >= 11 is 0. The first-order chi connectivity index (χ1) is 13.9. The van der Waals surface area contributed by atoms with E-state index in [9.17, 15) is 0 Å². The van der Waals surface area contributed by atoms with Crippen molar-refractivity contribution >= 4 is 0 Å². The van der Waals surface area contributed by atoms with Gasteiger partial charge in [-0.25, -0.2) is 0 Å². The first-order valence-corrected chi connectivity index (χ1v) is 9.96. The molecule has 1 fully saturated rings. The summed E-state index contributed by atoms with van der Waals surface area (Å²) in [6.07, 6.45) is 5.91. The number of nitrogens with zero attached hydrogens (tertiary/aromatic N) is 4. The van der Waals surface area contributed by atoms with Gasteiger partial charge in [0.1, 0.15) is 0 Å². The zero-order chi connectivity index (χ0) is 19.0. The summed E-state index contributed by atoms with van der Waals surface area (Å²) in [5.74, 6) is 1.43. The van der Waals surface area contributed by atoms with Gasteiger partial charge in [-0.3, -0.25) is 9.88 Å². The van der Waals surface area contributed by atoms with E-state index >= 15 is 0 Å². The largest absolute Gasteiger partial charge is 0.376 e. The summed E-state index contributed by atoms with van der Waals surface area (Å²) in [5, 5.41) is 4.17. The minimum absolute atomic E-state index is 0.169.